The molecule has 8 nitrogen and oxygen atoms in total. The number of aromatic nitrogens is 1. The molecular weight excluding hydrogens is 432 g/mol. The van der Waals surface area contributed by atoms with Crippen molar-refractivity contribution in [1.82, 2.24) is 9.58 Å². The van der Waals surface area contributed by atoms with Crippen LogP contribution in [0.1, 0.15) is 63.0 Å². The highest BCUT2D eigenvalue weighted by Gasteiger charge is 2.40. The Morgan fingerprint density at radius 2 is 1.56 bits per heavy atom. The topological polar surface area (TPSA) is 109 Å². The van der Waals surface area contributed by atoms with Gasteiger partial charge in [-0.3, -0.25) is 24.1 Å². The molecule has 3 aromatic rings. The summed E-state index contributed by atoms with van der Waals surface area (Å²) in [6.07, 6.45) is 3.00. The highest BCUT2D eigenvalue weighted by molar-refractivity contribution is 5.99. The molecule has 2 aliphatic rings. The van der Waals surface area contributed by atoms with Crippen LogP contribution < -0.4 is 16.2 Å². The molecule has 174 valence electrons. The number of nitrogens with zero attached hydrogens (tertiary/aromatic N) is 3. The van der Waals surface area contributed by atoms with Crippen molar-refractivity contribution < 1.29 is 14.7 Å². The molecular formula is C26H26N4O4. The molecule has 0 bridgehead atoms. The monoisotopic (exact) mass is 458 g/mol. The van der Waals surface area contributed by atoms with Gasteiger partial charge in [0, 0.05) is 12.2 Å². The molecule has 0 unspecified atom stereocenters. The van der Waals surface area contributed by atoms with Crippen LogP contribution in [0.3, 0.4) is 0 Å². The van der Waals surface area contributed by atoms with E-state index in [2.05, 4.69) is 24.3 Å². The van der Waals surface area contributed by atoms with Crippen LogP contribution in [0.15, 0.2) is 59.5 Å². The number of aryl methyl sites for hydroxylation is 2. The van der Waals surface area contributed by atoms with E-state index in [1.54, 1.807) is 4.90 Å². The van der Waals surface area contributed by atoms with Gasteiger partial charge < -0.3 is 15.7 Å². The maximum Gasteiger partial charge on any atom is 0.278 e. The van der Waals surface area contributed by atoms with Gasteiger partial charge in [0.1, 0.15) is 12.2 Å². The maximum atomic E-state index is 13.4. The number of fused-ring (bicyclic) bond motifs is 3. The molecule has 0 saturated carbocycles. The number of primary amides is 1. The van der Waals surface area contributed by atoms with E-state index in [0.29, 0.717) is 0 Å². The van der Waals surface area contributed by atoms with E-state index in [-0.39, 0.29) is 30.0 Å². The smallest absolute Gasteiger partial charge is 0.278 e. The molecule has 0 radical (unpaired) electrons. The number of nitrogens with two attached hydrogens (primary N) is 1. The lowest BCUT2D eigenvalue weighted by Crippen LogP contribution is -2.57. The summed E-state index contributed by atoms with van der Waals surface area (Å²) >= 11 is 0. The standard InChI is InChI=1S/C26H26N4O4/c1-15(2)28-14-30(29-13-20(25(27)33)23(31)24(32)22(29)26(28)34)21-18-9-5-3-7-16(18)11-12-17-8-4-6-10-19(17)21/h3-10,13,15,21,32H,11-12,14H2,1-2H3,(H2,27,33). The lowest BCUT2D eigenvalue weighted by atomic mass is 9.94. The Hall–Kier alpha value is -4.07. The number of rotatable bonds is 3. The van der Waals surface area contributed by atoms with Gasteiger partial charge in [0.2, 0.25) is 5.43 Å². The molecule has 34 heavy (non-hydrogen) atoms. The number of carbonyl (C=O) groups excluding carboxylic acids is 2. The molecule has 2 aromatic carbocycles. The average Bonchev–Trinajstić information content (AvgIpc) is 2.98. The minimum Gasteiger partial charge on any atom is -0.502 e. The van der Waals surface area contributed by atoms with E-state index >= 15 is 0 Å². The molecule has 0 atom stereocenters. The number of benzene rings is 2. The van der Waals surface area contributed by atoms with Gasteiger partial charge in [-0.05, 0) is 48.9 Å². The van der Waals surface area contributed by atoms with Gasteiger partial charge in [0.05, 0.1) is 6.04 Å². The summed E-state index contributed by atoms with van der Waals surface area (Å²) < 4.78 is 1.45. The maximum absolute atomic E-state index is 13.4. The van der Waals surface area contributed by atoms with Crippen LogP contribution in [0.5, 0.6) is 5.75 Å². The van der Waals surface area contributed by atoms with Crippen LogP contribution in [-0.4, -0.2) is 39.2 Å². The summed E-state index contributed by atoms with van der Waals surface area (Å²) in [6.45, 7) is 3.96. The molecule has 5 rings (SSSR count). The molecule has 0 saturated heterocycles. The Bertz CT molecular complexity index is 1330. The summed E-state index contributed by atoms with van der Waals surface area (Å²) in [5.41, 5.74) is 8.45. The molecule has 1 aliphatic carbocycles. The first-order chi connectivity index (χ1) is 16.3. The fourth-order valence-electron chi connectivity index (χ4n) is 5.01. The predicted octanol–water partition coefficient (Wildman–Crippen LogP) is 2.30. The van der Waals surface area contributed by atoms with E-state index in [4.69, 9.17) is 5.73 Å². The second kappa shape index (κ2) is 8.06. The first-order valence-corrected chi connectivity index (χ1v) is 11.3. The quantitative estimate of drug-likeness (QED) is 0.626. The number of amides is 2. The van der Waals surface area contributed by atoms with Gasteiger partial charge in [0.25, 0.3) is 11.8 Å². The Morgan fingerprint density at radius 1 is 1.00 bits per heavy atom. The molecule has 0 fully saturated rings. The second-order valence-corrected chi connectivity index (χ2v) is 9.03. The zero-order chi connectivity index (χ0) is 24.1. The van der Waals surface area contributed by atoms with Crippen molar-refractivity contribution in [3.05, 3.63) is 98.5 Å². The van der Waals surface area contributed by atoms with E-state index in [0.717, 1.165) is 24.0 Å². The molecule has 0 spiro atoms. The lowest BCUT2D eigenvalue weighted by Gasteiger charge is -2.45. The van der Waals surface area contributed by atoms with E-state index in [9.17, 15) is 19.5 Å². The molecule has 1 aliphatic heterocycles. The molecule has 2 heterocycles. The Labute approximate surface area is 196 Å². The molecule has 2 amide bonds. The minimum absolute atomic E-state index is 0.172. The van der Waals surface area contributed by atoms with Crippen molar-refractivity contribution >= 4 is 11.8 Å². The van der Waals surface area contributed by atoms with Crippen LogP contribution >= 0.6 is 0 Å². The summed E-state index contributed by atoms with van der Waals surface area (Å²) in [6, 6.07) is 15.8. The van der Waals surface area contributed by atoms with Crippen molar-refractivity contribution in [3.63, 3.8) is 0 Å². The number of aromatic hydroxyl groups is 1. The van der Waals surface area contributed by atoms with Crippen molar-refractivity contribution in [2.45, 2.75) is 38.8 Å². The van der Waals surface area contributed by atoms with Gasteiger partial charge in [-0.1, -0.05) is 48.5 Å². The van der Waals surface area contributed by atoms with Crippen LogP contribution in [0.2, 0.25) is 0 Å². The highest BCUT2D eigenvalue weighted by Crippen LogP contribution is 2.38. The summed E-state index contributed by atoms with van der Waals surface area (Å²) in [5, 5.41) is 12.7. The third kappa shape index (κ3) is 3.25. The zero-order valence-corrected chi connectivity index (χ0v) is 19.1. The average molecular weight is 459 g/mol. The summed E-state index contributed by atoms with van der Waals surface area (Å²) in [5.74, 6) is -2.21. The van der Waals surface area contributed by atoms with Crippen LogP contribution in [0, 0.1) is 0 Å². The first-order valence-electron chi connectivity index (χ1n) is 11.3. The molecule has 8 heteroatoms. The van der Waals surface area contributed by atoms with Crippen LogP contribution in [-0.2, 0) is 12.8 Å². The van der Waals surface area contributed by atoms with Crippen LogP contribution in [0.25, 0.3) is 0 Å². The van der Waals surface area contributed by atoms with Crippen LogP contribution in [0.4, 0.5) is 0 Å². The second-order valence-electron chi connectivity index (χ2n) is 9.03. The van der Waals surface area contributed by atoms with Gasteiger partial charge in [0.15, 0.2) is 11.4 Å². The summed E-state index contributed by atoms with van der Waals surface area (Å²) in [4.78, 5) is 39.7. The SMILES string of the molecule is CC(C)N1CN(C2c3ccccc3CCc3ccccc32)n2cc(C(N)=O)c(=O)c(O)c2C1=O. The van der Waals surface area contributed by atoms with Crippen molar-refractivity contribution in [2.75, 3.05) is 11.7 Å². The zero-order valence-electron chi connectivity index (χ0n) is 19.1. The van der Waals surface area contributed by atoms with Crippen molar-refractivity contribution in [2.24, 2.45) is 5.73 Å². The lowest BCUT2D eigenvalue weighted by molar-refractivity contribution is 0.0620. The van der Waals surface area contributed by atoms with E-state index < -0.39 is 23.0 Å². The number of hydrogen-bond donors (Lipinski definition) is 2. The Morgan fingerprint density at radius 3 is 2.09 bits per heavy atom. The fourth-order valence-corrected chi connectivity index (χ4v) is 5.01. The van der Waals surface area contributed by atoms with Gasteiger partial charge in [-0.15, -0.1) is 0 Å². The minimum atomic E-state index is -0.962. The van der Waals surface area contributed by atoms with Gasteiger partial charge in [-0.25, -0.2) is 0 Å². The summed E-state index contributed by atoms with van der Waals surface area (Å²) in [7, 11) is 0. The Kier molecular flexibility index (Phi) is 5.16. The van der Waals surface area contributed by atoms with Crippen molar-refractivity contribution in [1.29, 1.82) is 0 Å². The highest BCUT2D eigenvalue weighted by atomic mass is 16.3. The predicted molar refractivity (Wildman–Crippen MR) is 127 cm³/mol. The Balaban J connectivity index is 1.83. The van der Waals surface area contributed by atoms with Gasteiger partial charge in [-0.2, -0.15) is 0 Å². The fraction of sp³-hybridized carbons (Fsp3) is 0.269. The third-order valence-electron chi connectivity index (χ3n) is 6.75. The third-order valence-corrected chi connectivity index (χ3v) is 6.75. The number of pyridine rings is 1. The van der Waals surface area contributed by atoms with Crippen molar-refractivity contribution in [3.8, 4) is 5.75 Å². The number of carbonyl (C=O) groups is 2. The van der Waals surface area contributed by atoms with E-state index in [1.165, 1.54) is 22.0 Å². The molecule has 1 aromatic heterocycles. The first kappa shape index (κ1) is 21.8. The molecule has 3 N–H and O–H groups in total. The normalized spacial score (nSPS) is 15.6. The van der Waals surface area contributed by atoms with Gasteiger partial charge >= 0.3 is 0 Å². The largest absolute Gasteiger partial charge is 0.502 e. The number of hydrogen-bond acceptors (Lipinski definition) is 5. The van der Waals surface area contributed by atoms with E-state index in [1.807, 2.05) is 43.1 Å².